The maximum Gasteiger partial charge on any atom is 0.416 e. The number of rotatable bonds is 1. The van der Waals surface area contributed by atoms with Gasteiger partial charge in [0.25, 0.3) is 0 Å². The average molecular weight is 293 g/mol. The predicted octanol–water partition coefficient (Wildman–Crippen LogP) is 3.62. The highest BCUT2D eigenvalue weighted by molar-refractivity contribution is 5.60. The van der Waals surface area contributed by atoms with Gasteiger partial charge in [0, 0.05) is 16.8 Å². The van der Waals surface area contributed by atoms with Gasteiger partial charge in [-0.2, -0.15) is 13.2 Å². The van der Waals surface area contributed by atoms with Crippen LogP contribution in [0, 0.1) is 0 Å². The van der Waals surface area contributed by atoms with Crippen molar-refractivity contribution in [1.82, 2.24) is 9.97 Å². The summed E-state index contributed by atoms with van der Waals surface area (Å²) in [6, 6.07) is 5.02. The zero-order valence-corrected chi connectivity index (χ0v) is 11.2. The van der Waals surface area contributed by atoms with Crippen molar-refractivity contribution < 1.29 is 13.2 Å². The van der Waals surface area contributed by atoms with Gasteiger partial charge in [0.1, 0.15) is 5.82 Å². The molecular formula is C15H14F3N3. The maximum atomic E-state index is 12.8. The number of nitrogen functional groups attached to an aromatic ring is 1. The third-order valence-corrected chi connectivity index (χ3v) is 3.66. The van der Waals surface area contributed by atoms with E-state index in [1.807, 2.05) is 0 Å². The van der Waals surface area contributed by atoms with Crippen LogP contribution in [0.1, 0.15) is 29.7 Å². The van der Waals surface area contributed by atoms with E-state index in [1.54, 1.807) is 6.07 Å². The van der Waals surface area contributed by atoms with Crippen LogP contribution in [-0.4, -0.2) is 9.97 Å². The monoisotopic (exact) mass is 293 g/mol. The number of hydrogen-bond acceptors (Lipinski definition) is 3. The topological polar surface area (TPSA) is 51.8 Å². The molecule has 21 heavy (non-hydrogen) atoms. The van der Waals surface area contributed by atoms with Crippen LogP contribution in [-0.2, 0) is 19.0 Å². The number of nitrogens with zero attached hydrogens (tertiary/aromatic N) is 2. The lowest BCUT2D eigenvalue weighted by Crippen LogP contribution is -2.12. The first-order chi connectivity index (χ1) is 9.95. The quantitative estimate of drug-likeness (QED) is 0.873. The molecule has 0 amide bonds. The summed E-state index contributed by atoms with van der Waals surface area (Å²) in [6.45, 7) is 0. The van der Waals surface area contributed by atoms with Crippen molar-refractivity contribution >= 4 is 5.82 Å². The van der Waals surface area contributed by atoms with Gasteiger partial charge in [0.15, 0.2) is 5.82 Å². The third kappa shape index (κ3) is 2.70. The van der Waals surface area contributed by atoms with Crippen LogP contribution in [0.25, 0.3) is 11.4 Å². The van der Waals surface area contributed by atoms with E-state index in [9.17, 15) is 13.2 Å². The van der Waals surface area contributed by atoms with Gasteiger partial charge < -0.3 is 5.73 Å². The Morgan fingerprint density at radius 2 is 1.81 bits per heavy atom. The van der Waals surface area contributed by atoms with E-state index in [0.29, 0.717) is 11.4 Å². The van der Waals surface area contributed by atoms with Gasteiger partial charge in [0.2, 0.25) is 0 Å². The van der Waals surface area contributed by atoms with Gasteiger partial charge in [-0.3, -0.25) is 0 Å². The molecule has 1 aliphatic carbocycles. The highest BCUT2D eigenvalue weighted by atomic mass is 19.4. The van der Waals surface area contributed by atoms with Crippen molar-refractivity contribution in [2.24, 2.45) is 0 Å². The van der Waals surface area contributed by atoms with E-state index < -0.39 is 11.7 Å². The fraction of sp³-hybridized carbons (Fsp3) is 0.333. The summed E-state index contributed by atoms with van der Waals surface area (Å²) in [5.41, 5.74) is 7.36. The SMILES string of the molecule is Nc1nc(-c2cccc(C(F)(F)F)c2)nc2c1CCCC2. The number of aromatic nitrogens is 2. The number of aryl methyl sites for hydroxylation is 1. The lowest BCUT2D eigenvalue weighted by atomic mass is 9.96. The molecule has 0 aliphatic heterocycles. The highest BCUT2D eigenvalue weighted by Crippen LogP contribution is 2.32. The molecule has 2 aromatic rings. The molecule has 1 aromatic carbocycles. The maximum absolute atomic E-state index is 12.8. The second kappa shape index (κ2) is 5.02. The second-order valence-corrected chi connectivity index (χ2v) is 5.14. The molecule has 2 N–H and O–H groups in total. The van der Waals surface area contributed by atoms with E-state index >= 15 is 0 Å². The number of fused-ring (bicyclic) bond motifs is 1. The van der Waals surface area contributed by atoms with E-state index in [0.717, 1.165) is 49.1 Å². The Morgan fingerprint density at radius 1 is 1.05 bits per heavy atom. The fourth-order valence-electron chi connectivity index (χ4n) is 2.59. The summed E-state index contributed by atoms with van der Waals surface area (Å²) >= 11 is 0. The van der Waals surface area contributed by atoms with Gasteiger partial charge in [-0.15, -0.1) is 0 Å². The first kappa shape index (κ1) is 13.9. The average Bonchev–Trinajstić information content (AvgIpc) is 2.46. The van der Waals surface area contributed by atoms with E-state index in [4.69, 9.17) is 5.73 Å². The zero-order chi connectivity index (χ0) is 15.0. The van der Waals surface area contributed by atoms with Crippen molar-refractivity contribution in [1.29, 1.82) is 0 Å². The molecular weight excluding hydrogens is 279 g/mol. The molecule has 1 aromatic heterocycles. The minimum absolute atomic E-state index is 0.263. The van der Waals surface area contributed by atoms with Gasteiger partial charge >= 0.3 is 6.18 Å². The Bertz CT molecular complexity index is 680. The van der Waals surface area contributed by atoms with Crippen molar-refractivity contribution in [3.05, 3.63) is 41.1 Å². The number of hydrogen-bond donors (Lipinski definition) is 1. The van der Waals surface area contributed by atoms with Crippen molar-refractivity contribution in [3.8, 4) is 11.4 Å². The summed E-state index contributed by atoms with van der Waals surface area (Å²) in [6.07, 6.45) is -0.678. The van der Waals surface area contributed by atoms with Crippen LogP contribution >= 0.6 is 0 Å². The van der Waals surface area contributed by atoms with E-state index in [-0.39, 0.29) is 5.82 Å². The Balaban J connectivity index is 2.07. The minimum Gasteiger partial charge on any atom is -0.383 e. The van der Waals surface area contributed by atoms with E-state index in [1.165, 1.54) is 6.07 Å². The third-order valence-electron chi connectivity index (χ3n) is 3.66. The Labute approximate surface area is 120 Å². The Morgan fingerprint density at radius 3 is 2.57 bits per heavy atom. The lowest BCUT2D eigenvalue weighted by molar-refractivity contribution is -0.137. The second-order valence-electron chi connectivity index (χ2n) is 5.14. The van der Waals surface area contributed by atoms with Gasteiger partial charge in [-0.05, 0) is 37.8 Å². The van der Waals surface area contributed by atoms with Crippen LogP contribution < -0.4 is 5.73 Å². The van der Waals surface area contributed by atoms with Gasteiger partial charge in [-0.25, -0.2) is 9.97 Å². The number of halogens is 3. The smallest absolute Gasteiger partial charge is 0.383 e. The van der Waals surface area contributed by atoms with Crippen LogP contribution in [0.4, 0.5) is 19.0 Å². The molecule has 0 spiro atoms. The van der Waals surface area contributed by atoms with Gasteiger partial charge in [-0.1, -0.05) is 12.1 Å². The summed E-state index contributed by atoms with van der Waals surface area (Å²) in [4.78, 5) is 8.59. The number of nitrogens with two attached hydrogens (primary N) is 1. The molecule has 0 atom stereocenters. The Hall–Kier alpha value is -2.11. The number of anilines is 1. The van der Waals surface area contributed by atoms with Crippen LogP contribution in [0.15, 0.2) is 24.3 Å². The molecule has 0 saturated heterocycles. The number of benzene rings is 1. The molecule has 6 heteroatoms. The molecule has 0 bridgehead atoms. The van der Waals surface area contributed by atoms with Crippen molar-refractivity contribution in [2.45, 2.75) is 31.9 Å². The number of alkyl halides is 3. The normalized spacial score (nSPS) is 14.8. The first-order valence-corrected chi connectivity index (χ1v) is 6.78. The van der Waals surface area contributed by atoms with Crippen molar-refractivity contribution in [3.63, 3.8) is 0 Å². The lowest BCUT2D eigenvalue weighted by Gasteiger charge is -2.17. The molecule has 0 saturated carbocycles. The predicted molar refractivity (Wildman–Crippen MR) is 73.5 cm³/mol. The summed E-state index contributed by atoms with van der Waals surface area (Å²) in [7, 11) is 0. The van der Waals surface area contributed by atoms with Gasteiger partial charge in [0.05, 0.1) is 5.56 Å². The van der Waals surface area contributed by atoms with Crippen LogP contribution in [0.3, 0.4) is 0 Å². The standard InChI is InChI=1S/C15H14F3N3/c16-15(17,18)10-5-3-4-9(8-10)14-20-12-7-2-1-6-11(12)13(19)21-14/h3-5,8H,1-2,6-7H2,(H2,19,20,21). The molecule has 3 rings (SSSR count). The molecule has 110 valence electrons. The Kier molecular flexibility index (Phi) is 3.31. The highest BCUT2D eigenvalue weighted by Gasteiger charge is 2.30. The molecule has 0 fully saturated rings. The molecule has 1 heterocycles. The van der Waals surface area contributed by atoms with Crippen LogP contribution in [0.2, 0.25) is 0 Å². The molecule has 0 radical (unpaired) electrons. The summed E-state index contributed by atoms with van der Waals surface area (Å²) in [5.74, 6) is 0.645. The fourth-order valence-corrected chi connectivity index (χ4v) is 2.59. The first-order valence-electron chi connectivity index (χ1n) is 6.78. The van der Waals surface area contributed by atoms with Crippen LogP contribution in [0.5, 0.6) is 0 Å². The molecule has 3 nitrogen and oxygen atoms in total. The molecule has 1 aliphatic rings. The molecule has 0 unspecified atom stereocenters. The summed E-state index contributed by atoms with van der Waals surface area (Å²) < 4.78 is 38.3. The summed E-state index contributed by atoms with van der Waals surface area (Å²) in [5, 5.41) is 0. The largest absolute Gasteiger partial charge is 0.416 e. The van der Waals surface area contributed by atoms with Crippen molar-refractivity contribution in [2.75, 3.05) is 5.73 Å². The zero-order valence-electron chi connectivity index (χ0n) is 11.2. The minimum atomic E-state index is -4.38. The van der Waals surface area contributed by atoms with E-state index in [2.05, 4.69) is 9.97 Å².